The van der Waals surface area contributed by atoms with Crippen LogP contribution in [0.25, 0.3) is 0 Å². The summed E-state index contributed by atoms with van der Waals surface area (Å²) in [6.45, 7) is 2.79. The molecule has 24 heavy (non-hydrogen) atoms. The summed E-state index contributed by atoms with van der Waals surface area (Å²) in [6.07, 6.45) is 2.47. The summed E-state index contributed by atoms with van der Waals surface area (Å²) in [4.78, 5) is 15.5. The van der Waals surface area contributed by atoms with E-state index in [0.717, 1.165) is 11.3 Å². The molecule has 0 radical (unpaired) electrons. The Labute approximate surface area is 147 Å². The Kier molecular flexibility index (Phi) is 5.01. The third-order valence-corrected chi connectivity index (χ3v) is 7.35. The topological polar surface area (TPSA) is 66.9 Å². The lowest BCUT2D eigenvalue weighted by Gasteiger charge is -2.43. The summed E-state index contributed by atoms with van der Waals surface area (Å²) < 4.78 is 30.9. The number of hydrogen-bond acceptors (Lipinski definition) is 5. The Morgan fingerprint density at radius 1 is 1.46 bits per heavy atom. The molecule has 3 heterocycles. The van der Waals surface area contributed by atoms with Gasteiger partial charge in [0, 0.05) is 43.6 Å². The Morgan fingerprint density at radius 3 is 2.88 bits per heavy atom. The third-order valence-electron chi connectivity index (χ3n) is 5.26. The van der Waals surface area contributed by atoms with Crippen LogP contribution in [0, 0.1) is 11.3 Å². The molecule has 0 N–H and O–H groups in total. The highest BCUT2D eigenvalue weighted by molar-refractivity contribution is 7.88. The number of piperidine rings is 1. The van der Waals surface area contributed by atoms with Gasteiger partial charge in [-0.05, 0) is 23.8 Å². The zero-order chi connectivity index (χ0) is 17.4. The average Bonchev–Trinajstić information content (AvgIpc) is 3.13. The Bertz CT molecular complexity index is 689. The van der Waals surface area contributed by atoms with Crippen LogP contribution in [0.2, 0.25) is 0 Å². The molecule has 0 saturated carbocycles. The van der Waals surface area contributed by atoms with Gasteiger partial charge in [0.15, 0.2) is 0 Å². The van der Waals surface area contributed by atoms with Crippen molar-refractivity contribution in [1.29, 1.82) is 0 Å². The number of fused-ring (bicyclic) bond motifs is 1. The lowest BCUT2D eigenvalue weighted by molar-refractivity contribution is -0.134. The number of amides is 1. The van der Waals surface area contributed by atoms with Crippen LogP contribution in [0.5, 0.6) is 0 Å². The molecule has 0 bridgehead atoms. The number of sulfonamides is 1. The lowest BCUT2D eigenvalue weighted by Crippen LogP contribution is -2.51. The molecule has 2 saturated heterocycles. The van der Waals surface area contributed by atoms with Crippen molar-refractivity contribution in [3.63, 3.8) is 0 Å². The van der Waals surface area contributed by atoms with Crippen molar-refractivity contribution in [2.75, 3.05) is 46.2 Å². The van der Waals surface area contributed by atoms with E-state index in [1.165, 1.54) is 6.26 Å². The quantitative estimate of drug-likeness (QED) is 0.775. The molecule has 0 aliphatic carbocycles. The first-order valence-electron chi connectivity index (χ1n) is 8.08. The number of thiophene rings is 1. The van der Waals surface area contributed by atoms with Crippen molar-refractivity contribution in [1.82, 2.24) is 9.21 Å². The summed E-state index contributed by atoms with van der Waals surface area (Å²) in [6, 6.07) is 3.93. The summed E-state index contributed by atoms with van der Waals surface area (Å²) in [5.74, 6) is 0.259. The number of nitrogens with zero attached hydrogens (tertiary/aromatic N) is 2. The van der Waals surface area contributed by atoms with Gasteiger partial charge in [-0.2, -0.15) is 0 Å². The maximum Gasteiger partial charge on any atom is 0.227 e. The maximum absolute atomic E-state index is 12.6. The molecule has 3 rings (SSSR count). The fourth-order valence-corrected chi connectivity index (χ4v) is 5.55. The SMILES string of the molecule is COC[C@@]12CCN(C(=O)Cc3cccs3)C[C@@H]1CN(S(C)(=O)=O)C2. The molecule has 1 aromatic heterocycles. The van der Waals surface area contributed by atoms with Gasteiger partial charge in [0.1, 0.15) is 0 Å². The van der Waals surface area contributed by atoms with Crippen LogP contribution < -0.4 is 0 Å². The van der Waals surface area contributed by atoms with Crippen LogP contribution in [-0.4, -0.2) is 69.7 Å². The van der Waals surface area contributed by atoms with E-state index in [9.17, 15) is 13.2 Å². The second-order valence-corrected chi connectivity index (χ2v) is 9.91. The number of carbonyl (C=O) groups is 1. The fourth-order valence-electron chi connectivity index (χ4n) is 3.91. The third kappa shape index (κ3) is 3.51. The standard InChI is InChI=1S/C16H24N2O4S2/c1-22-12-16-5-6-17(15(19)8-14-4-3-7-23-14)9-13(16)10-18(11-16)24(2,20)21/h3-4,7,13H,5-6,8-12H2,1-2H3/t13-,16+/m1/s1. The molecule has 0 aromatic carbocycles. The van der Waals surface area contributed by atoms with E-state index in [0.29, 0.717) is 39.2 Å². The van der Waals surface area contributed by atoms with Gasteiger partial charge in [0.25, 0.3) is 0 Å². The zero-order valence-electron chi connectivity index (χ0n) is 14.1. The number of ether oxygens (including phenoxy) is 1. The van der Waals surface area contributed by atoms with E-state index in [1.807, 2.05) is 22.4 Å². The van der Waals surface area contributed by atoms with Crippen LogP contribution in [0.4, 0.5) is 0 Å². The first kappa shape index (κ1) is 17.8. The molecular formula is C16H24N2O4S2. The van der Waals surface area contributed by atoms with Crippen molar-refractivity contribution in [3.8, 4) is 0 Å². The normalized spacial score (nSPS) is 28.1. The van der Waals surface area contributed by atoms with E-state index in [1.54, 1.807) is 22.8 Å². The molecule has 0 unspecified atom stereocenters. The van der Waals surface area contributed by atoms with Gasteiger partial charge in [-0.3, -0.25) is 4.79 Å². The molecule has 6 nitrogen and oxygen atoms in total. The molecule has 2 aliphatic rings. The number of hydrogen-bond donors (Lipinski definition) is 0. The van der Waals surface area contributed by atoms with Crippen molar-refractivity contribution in [2.45, 2.75) is 12.8 Å². The van der Waals surface area contributed by atoms with Gasteiger partial charge in [-0.1, -0.05) is 6.07 Å². The highest BCUT2D eigenvalue weighted by Crippen LogP contribution is 2.44. The van der Waals surface area contributed by atoms with Gasteiger partial charge in [-0.25, -0.2) is 12.7 Å². The molecule has 0 spiro atoms. The van der Waals surface area contributed by atoms with E-state index >= 15 is 0 Å². The largest absolute Gasteiger partial charge is 0.384 e. The second-order valence-electron chi connectivity index (χ2n) is 6.89. The van der Waals surface area contributed by atoms with Crippen molar-refractivity contribution in [3.05, 3.63) is 22.4 Å². The minimum Gasteiger partial charge on any atom is -0.384 e. The Morgan fingerprint density at radius 2 is 2.25 bits per heavy atom. The lowest BCUT2D eigenvalue weighted by atomic mass is 9.73. The molecule has 2 fully saturated rings. The summed E-state index contributed by atoms with van der Waals surface area (Å²) in [5, 5.41) is 1.98. The van der Waals surface area contributed by atoms with Gasteiger partial charge >= 0.3 is 0 Å². The van der Waals surface area contributed by atoms with Crippen LogP contribution in [-0.2, 0) is 26.0 Å². The predicted octanol–water partition coefficient (Wildman–Crippen LogP) is 1.05. The molecule has 1 amide bonds. The van der Waals surface area contributed by atoms with Crippen molar-refractivity contribution >= 4 is 27.3 Å². The van der Waals surface area contributed by atoms with Gasteiger partial charge in [-0.15, -0.1) is 11.3 Å². The molecule has 2 aliphatic heterocycles. The molecule has 1 aromatic rings. The first-order valence-corrected chi connectivity index (χ1v) is 10.8. The number of likely N-dealkylation sites (tertiary alicyclic amines) is 1. The molecule has 2 atom stereocenters. The van der Waals surface area contributed by atoms with Crippen LogP contribution in [0.3, 0.4) is 0 Å². The summed E-state index contributed by atoms with van der Waals surface area (Å²) >= 11 is 1.59. The highest BCUT2D eigenvalue weighted by Gasteiger charge is 2.52. The molecule has 8 heteroatoms. The fraction of sp³-hybridized carbons (Fsp3) is 0.688. The summed E-state index contributed by atoms with van der Waals surface area (Å²) in [5.41, 5.74) is -0.169. The van der Waals surface area contributed by atoms with Crippen LogP contribution in [0.1, 0.15) is 11.3 Å². The van der Waals surface area contributed by atoms with Gasteiger partial charge < -0.3 is 9.64 Å². The minimum absolute atomic E-state index is 0.126. The van der Waals surface area contributed by atoms with E-state index in [4.69, 9.17) is 4.74 Å². The monoisotopic (exact) mass is 372 g/mol. The van der Waals surface area contributed by atoms with E-state index < -0.39 is 10.0 Å². The minimum atomic E-state index is -3.22. The van der Waals surface area contributed by atoms with Gasteiger partial charge in [0.2, 0.25) is 15.9 Å². The molecule has 134 valence electrons. The zero-order valence-corrected chi connectivity index (χ0v) is 15.7. The Balaban J connectivity index is 1.72. The van der Waals surface area contributed by atoms with Crippen molar-refractivity contribution in [2.24, 2.45) is 11.3 Å². The maximum atomic E-state index is 12.6. The highest BCUT2D eigenvalue weighted by atomic mass is 32.2. The van der Waals surface area contributed by atoms with Crippen LogP contribution in [0.15, 0.2) is 17.5 Å². The first-order chi connectivity index (χ1) is 11.3. The Hall–Kier alpha value is -0.960. The molecular weight excluding hydrogens is 348 g/mol. The van der Waals surface area contributed by atoms with Crippen molar-refractivity contribution < 1.29 is 17.9 Å². The smallest absolute Gasteiger partial charge is 0.227 e. The number of carbonyl (C=O) groups excluding carboxylic acids is 1. The van der Waals surface area contributed by atoms with Gasteiger partial charge in [0.05, 0.1) is 19.3 Å². The van der Waals surface area contributed by atoms with E-state index in [-0.39, 0.29) is 17.2 Å². The van der Waals surface area contributed by atoms with Crippen LogP contribution >= 0.6 is 11.3 Å². The summed E-state index contributed by atoms with van der Waals surface area (Å²) in [7, 11) is -1.56. The average molecular weight is 373 g/mol. The number of methoxy groups -OCH3 is 1. The van der Waals surface area contributed by atoms with E-state index in [2.05, 4.69) is 0 Å². The number of rotatable bonds is 5. The predicted molar refractivity (Wildman–Crippen MR) is 93.4 cm³/mol. The second kappa shape index (κ2) is 6.74.